The molecule has 1 aromatic carbocycles. The highest BCUT2D eigenvalue weighted by Crippen LogP contribution is 2.19. The zero-order chi connectivity index (χ0) is 15.0. The third kappa shape index (κ3) is 3.00. The molecule has 4 nitrogen and oxygen atoms in total. The predicted molar refractivity (Wildman–Crippen MR) is 74.3 cm³/mol. The van der Waals surface area contributed by atoms with Crippen LogP contribution < -0.4 is 10.7 Å². The van der Waals surface area contributed by atoms with E-state index in [1.54, 1.807) is 6.92 Å². The van der Waals surface area contributed by atoms with Gasteiger partial charge in [-0.15, -0.1) is 0 Å². The fraction of sp³-hybridized carbons (Fsp3) is 0.333. The Labute approximate surface area is 120 Å². The zero-order valence-electron chi connectivity index (χ0n) is 11.6. The SMILES string of the molecule is Cc1cc(=O)c(CNC2CC2)nn1-c1ccc(F)cc1F. The summed E-state index contributed by atoms with van der Waals surface area (Å²) in [6, 6.07) is 5.15. The van der Waals surface area contributed by atoms with Gasteiger partial charge in [-0.3, -0.25) is 4.79 Å². The highest BCUT2D eigenvalue weighted by Gasteiger charge is 2.21. The summed E-state index contributed by atoms with van der Waals surface area (Å²) in [6.07, 6.45) is 2.21. The van der Waals surface area contributed by atoms with Crippen molar-refractivity contribution in [3.63, 3.8) is 0 Å². The van der Waals surface area contributed by atoms with E-state index in [0.29, 0.717) is 24.0 Å². The summed E-state index contributed by atoms with van der Waals surface area (Å²) in [5, 5.41) is 7.42. The Morgan fingerprint density at radius 1 is 1.33 bits per heavy atom. The molecule has 1 N–H and O–H groups in total. The van der Waals surface area contributed by atoms with E-state index in [0.717, 1.165) is 18.9 Å². The summed E-state index contributed by atoms with van der Waals surface area (Å²) in [6.45, 7) is 2.02. The molecular weight excluding hydrogens is 276 g/mol. The van der Waals surface area contributed by atoms with Gasteiger partial charge >= 0.3 is 0 Å². The maximum absolute atomic E-state index is 13.9. The van der Waals surface area contributed by atoms with Crippen LogP contribution in [0.3, 0.4) is 0 Å². The van der Waals surface area contributed by atoms with Crippen LogP contribution in [0.15, 0.2) is 29.1 Å². The predicted octanol–water partition coefficient (Wildman–Crippen LogP) is 2.07. The van der Waals surface area contributed by atoms with E-state index in [-0.39, 0.29) is 11.1 Å². The third-order valence-electron chi connectivity index (χ3n) is 3.45. The second-order valence-corrected chi connectivity index (χ2v) is 5.26. The number of nitrogens with one attached hydrogen (secondary N) is 1. The molecule has 3 rings (SSSR count). The highest BCUT2D eigenvalue weighted by molar-refractivity contribution is 5.34. The van der Waals surface area contributed by atoms with Gasteiger partial charge in [-0.25, -0.2) is 13.5 Å². The van der Waals surface area contributed by atoms with E-state index < -0.39 is 11.6 Å². The van der Waals surface area contributed by atoms with Gasteiger partial charge in [-0.2, -0.15) is 5.10 Å². The average molecular weight is 291 g/mol. The topological polar surface area (TPSA) is 46.9 Å². The molecule has 1 heterocycles. The third-order valence-corrected chi connectivity index (χ3v) is 3.45. The molecule has 1 aromatic heterocycles. The lowest BCUT2D eigenvalue weighted by Crippen LogP contribution is -2.25. The quantitative estimate of drug-likeness (QED) is 0.938. The second-order valence-electron chi connectivity index (χ2n) is 5.26. The molecule has 6 heteroatoms. The number of aryl methyl sites for hydroxylation is 1. The lowest BCUT2D eigenvalue weighted by molar-refractivity contribution is 0.566. The molecule has 1 aliphatic rings. The van der Waals surface area contributed by atoms with Crippen LogP contribution in [0.4, 0.5) is 8.78 Å². The van der Waals surface area contributed by atoms with Gasteiger partial charge in [0.2, 0.25) is 5.43 Å². The molecule has 2 aromatic rings. The highest BCUT2D eigenvalue weighted by atomic mass is 19.1. The minimum absolute atomic E-state index is 0.126. The van der Waals surface area contributed by atoms with Crippen LogP contribution in [0.25, 0.3) is 5.69 Å². The molecule has 0 bridgehead atoms. The second kappa shape index (κ2) is 5.37. The minimum Gasteiger partial charge on any atom is -0.308 e. The molecule has 0 amide bonds. The Bertz CT molecular complexity index is 738. The van der Waals surface area contributed by atoms with Crippen molar-refractivity contribution in [2.24, 2.45) is 0 Å². The first-order chi connectivity index (χ1) is 10.0. The largest absolute Gasteiger partial charge is 0.308 e. The number of aromatic nitrogens is 2. The van der Waals surface area contributed by atoms with Gasteiger partial charge in [0.1, 0.15) is 17.2 Å². The number of nitrogens with zero attached hydrogens (tertiary/aromatic N) is 2. The lowest BCUT2D eigenvalue weighted by Gasteiger charge is -2.12. The van der Waals surface area contributed by atoms with E-state index in [4.69, 9.17) is 0 Å². The van der Waals surface area contributed by atoms with Crippen molar-refractivity contribution in [2.75, 3.05) is 0 Å². The van der Waals surface area contributed by atoms with Crippen LogP contribution in [-0.4, -0.2) is 15.8 Å². The normalized spacial score (nSPS) is 14.4. The van der Waals surface area contributed by atoms with Crippen LogP contribution >= 0.6 is 0 Å². The fourth-order valence-electron chi connectivity index (χ4n) is 2.13. The molecule has 1 saturated carbocycles. The first-order valence-corrected chi connectivity index (χ1v) is 6.83. The first-order valence-electron chi connectivity index (χ1n) is 6.83. The molecule has 21 heavy (non-hydrogen) atoms. The zero-order valence-corrected chi connectivity index (χ0v) is 11.6. The molecule has 0 atom stereocenters. The summed E-state index contributed by atoms with van der Waals surface area (Å²) in [4.78, 5) is 11.9. The molecule has 110 valence electrons. The first kappa shape index (κ1) is 13.9. The van der Waals surface area contributed by atoms with Gasteiger partial charge in [0.15, 0.2) is 5.82 Å². The van der Waals surface area contributed by atoms with E-state index in [9.17, 15) is 13.6 Å². The minimum atomic E-state index is -0.713. The summed E-state index contributed by atoms with van der Waals surface area (Å²) >= 11 is 0. The molecule has 0 spiro atoms. The number of halogens is 2. The molecular formula is C15H15F2N3O. The maximum Gasteiger partial charge on any atom is 0.204 e. The van der Waals surface area contributed by atoms with Crippen LogP contribution in [0.1, 0.15) is 24.2 Å². The van der Waals surface area contributed by atoms with Crippen molar-refractivity contribution in [3.05, 3.63) is 57.5 Å². The summed E-state index contributed by atoms with van der Waals surface area (Å²) in [5.41, 5.74) is 0.776. The standard InChI is InChI=1S/C15H15F2N3O/c1-9-6-15(21)13(8-18-11-3-4-11)19-20(9)14-5-2-10(16)7-12(14)17/h2,5-7,11,18H,3-4,8H2,1H3. The Morgan fingerprint density at radius 3 is 2.76 bits per heavy atom. The van der Waals surface area contributed by atoms with Crippen molar-refractivity contribution in [1.82, 2.24) is 15.1 Å². The van der Waals surface area contributed by atoms with Crippen LogP contribution in [-0.2, 0) is 6.54 Å². The number of hydrogen-bond donors (Lipinski definition) is 1. The molecule has 1 aliphatic carbocycles. The molecule has 0 saturated heterocycles. The molecule has 0 radical (unpaired) electrons. The Balaban J connectivity index is 2.00. The smallest absolute Gasteiger partial charge is 0.204 e. The summed E-state index contributed by atoms with van der Waals surface area (Å²) < 4.78 is 28.2. The Morgan fingerprint density at radius 2 is 2.10 bits per heavy atom. The maximum atomic E-state index is 13.9. The van der Waals surface area contributed by atoms with Gasteiger partial charge in [0.05, 0.1) is 0 Å². The number of benzene rings is 1. The molecule has 0 aliphatic heterocycles. The van der Waals surface area contributed by atoms with Crippen LogP contribution in [0, 0.1) is 18.6 Å². The summed E-state index contributed by atoms with van der Waals surface area (Å²) in [5.74, 6) is -1.36. The number of rotatable bonds is 4. The van der Waals surface area contributed by atoms with Gasteiger partial charge in [-0.1, -0.05) is 0 Å². The van der Waals surface area contributed by atoms with Crippen molar-refractivity contribution in [2.45, 2.75) is 32.4 Å². The number of hydrogen-bond acceptors (Lipinski definition) is 3. The average Bonchev–Trinajstić information content (AvgIpc) is 3.23. The monoisotopic (exact) mass is 291 g/mol. The molecule has 0 unspecified atom stereocenters. The van der Waals surface area contributed by atoms with Crippen LogP contribution in [0.2, 0.25) is 0 Å². The van der Waals surface area contributed by atoms with Gasteiger partial charge in [0.25, 0.3) is 0 Å². The molecule has 1 fully saturated rings. The Kier molecular flexibility index (Phi) is 3.55. The van der Waals surface area contributed by atoms with Gasteiger partial charge in [-0.05, 0) is 31.9 Å². The van der Waals surface area contributed by atoms with E-state index in [1.807, 2.05) is 0 Å². The van der Waals surface area contributed by atoms with E-state index in [2.05, 4.69) is 10.4 Å². The van der Waals surface area contributed by atoms with Crippen molar-refractivity contribution < 1.29 is 8.78 Å². The van der Waals surface area contributed by atoms with E-state index >= 15 is 0 Å². The van der Waals surface area contributed by atoms with Crippen molar-refractivity contribution in [1.29, 1.82) is 0 Å². The fourth-order valence-corrected chi connectivity index (χ4v) is 2.13. The van der Waals surface area contributed by atoms with Gasteiger partial charge < -0.3 is 5.32 Å². The van der Waals surface area contributed by atoms with Gasteiger partial charge in [0, 0.05) is 30.4 Å². The van der Waals surface area contributed by atoms with Crippen molar-refractivity contribution >= 4 is 0 Å². The lowest BCUT2D eigenvalue weighted by atomic mass is 10.2. The van der Waals surface area contributed by atoms with E-state index in [1.165, 1.54) is 22.9 Å². The Hall–Kier alpha value is -2.08. The summed E-state index contributed by atoms with van der Waals surface area (Å²) in [7, 11) is 0. The van der Waals surface area contributed by atoms with Crippen LogP contribution in [0.5, 0.6) is 0 Å². The van der Waals surface area contributed by atoms with Crippen molar-refractivity contribution in [3.8, 4) is 5.69 Å².